The molecule has 2 rings (SSSR count). The first kappa shape index (κ1) is 14.8. The van der Waals surface area contributed by atoms with Crippen LogP contribution in [0.5, 0.6) is 0 Å². The third-order valence-electron chi connectivity index (χ3n) is 3.05. The standard InChI is InChI=1S/C18H17NO2/c1-19(14-16-6-3-2-4-7-16)18(21)17-11-9-15(10-12-17)8-5-13-20/h2-4,6-7,9-12,20H,13-14H2,1H3. The molecule has 1 N–H and O–H groups in total. The summed E-state index contributed by atoms with van der Waals surface area (Å²) in [5, 5.41) is 8.65. The summed E-state index contributed by atoms with van der Waals surface area (Å²) in [5.74, 6) is 5.36. The molecule has 0 fully saturated rings. The molecule has 3 nitrogen and oxygen atoms in total. The average Bonchev–Trinajstić information content (AvgIpc) is 2.53. The molecule has 0 spiro atoms. The van der Waals surface area contributed by atoms with E-state index in [-0.39, 0.29) is 12.5 Å². The van der Waals surface area contributed by atoms with Crippen LogP contribution in [0.2, 0.25) is 0 Å². The zero-order valence-corrected chi connectivity index (χ0v) is 11.9. The molecule has 0 aliphatic heterocycles. The minimum atomic E-state index is -0.166. The first-order valence-corrected chi connectivity index (χ1v) is 6.70. The average molecular weight is 279 g/mol. The lowest BCUT2D eigenvalue weighted by atomic mass is 10.1. The van der Waals surface area contributed by atoms with Crippen LogP contribution in [0.15, 0.2) is 54.6 Å². The van der Waals surface area contributed by atoms with E-state index in [4.69, 9.17) is 5.11 Å². The molecule has 106 valence electrons. The molecule has 2 aromatic carbocycles. The lowest BCUT2D eigenvalue weighted by molar-refractivity contribution is 0.0785. The maximum absolute atomic E-state index is 12.3. The Bertz CT molecular complexity index is 651. The van der Waals surface area contributed by atoms with E-state index in [9.17, 15) is 4.79 Å². The number of aliphatic hydroxyl groups is 1. The molecule has 0 radical (unpaired) electrons. The summed E-state index contributed by atoms with van der Waals surface area (Å²) >= 11 is 0. The second-order valence-electron chi connectivity index (χ2n) is 4.68. The van der Waals surface area contributed by atoms with Crippen LogP contribution in [0.4, 0.5) is 0 Å². The molecular weight excluding hydrogens is 262 g/mol. The SMILES string of the molecule is CN(Cc1ccccc1)C(=O)c1ccc(C#CCO)cc1. The topological polar surface area (TPSA) is 40.5 Å². The summed E-state index contributed by atoms with van der Waals surface area (Å²) in [7, 11) is 1.79. The molecule has 0 unspecified atom stereocenters. The van der Waals surface area contributed by atoms with E-state index >= 15 is 0 Å². The summed E-state index contributed by atoms with van der Waals surface area (Å²) in [6.07, 6.45) is 0. The van der Waals surface area contributed by atoms with Gasteiger partial charge in [-0.05, 0) is 29.8 Å². The van der Waals surface area contributed by atoms with Crippen LogP contribution in [0.1, 0.15) is 21.5 Å². The highest BCUT2D eigenvalue weighted by atomic mass is 16.2. The largest absolute Gasteiger partial charge is 0.384 e. The van der Waals surface area contributed by atoms with Crippen LogP contribution in [0.25, 0.3) is 0 Å². The zero-order valence-electron chi connectivity index (χ0n) is 11.9. The highest BCUT2D eigenvalue weighted by molar-refractivity contribution is 5.94. The van der Waals surface area contributed by atoms with Crippen molar-refractivity contribution in [1.82, 2.24) is 4.90 Å². The molecule has 0 atom stereocenters. The Balaban J connectivity index is 2.05. The molecule has 0 saturated heterocycles. The second kappa shape index (κ2) is 7.28. The minimum Gasteiger partial charge on any atom is -0.384 e. The van der Waals surface area contributed by atoms with Crippen molar-refractivity contribution in [1.29, 1.82) is 0 Å². The van der Waals surface area contributed by atoms with Gasteiger partial charge < -0.3 is 10.0 Å². The second-order valence-corrected chi connectivity index (χ2v) is 4.68. The van der Waals surface area contributed by atoms with Crippen molar-refractivity contribution < 1.29 is 9.90 Å². The first-order valence-electron chi connectivity index (χ1n) is 6.70. The van der Waals surface area contributed by atoms with Gasteiger partial charge in [0.1, 0.15) is 6.61 Å². The first-order chi connectivity index (χ1) is 10.2. The molecule has 21 heavy (non-hydrogen) atoms. The number of benzene rings is 2. The lowest BCUT2D eigenvalue weighted by Crippen LogP contribution is -2.26. The summed E-state index contributed by atoms with van der Waals surface area (Å²) < 4.78 is 0. The number of hydrogen-bond acceptors (Lipinski definition) is 2. The maximum Gasteiger partial charge on any atom is 0.253 e. The highest BCUT2D eigenvalue weighted by Gasteiger charge is 2.11. The minimum absolute atomic E-state index is 0.0273. The highest BCUT2D eigenvalue weighted by Crippen LogP contribution is 2.09. The van der Waals surface area contributed by atoms with E-state index in [1.807, 2.05) is 30.3 Å². The Morgan fingerprint density at radius 3 is 2.38 bits per heavy atom. The van der Waals surface area contributed by atoms with Gasteiger partial charge in [0.25, 0.3) is 5.91 Å². The summed E-state index contributed by atoms with van der Waals surface area (Å²) in [4.78, 5) is 14.0. The Morgan fingerprint density at radius 1 is 1.10 bits per heavy atom. The molecule has 0 aliphatic carbocycles. The number of nitrogens with zero attached hydrogens (tertiary/aromatic N) is 1. The summed E-state index contributed by atoms with van der Waals surface area (Å²) in [5.41, 5.74) is 2.51. The number of amides is 1. The van der Waals surface area contributed by atoms with E-state index in [2.05, 4.69) is 11.8 Å². The van der Waals surface area contributed by atoms with E-state index < -0.39 is 0 Å². The van der Waals surface area contributed by atoms with E-state index in [1.165, 1.54) is 0 Å². The van der Waals surface area contributed by atoms with E-state index in [1.54, 1.807) is 36.2 Å². The molecule has 3 heteroatoms. The van der Waals surface area contributed by atoms with Crippen LogP contribution in [0.3, 0.4) is 0 Å². The van der Waals surface area contributed by atoms with E-state index in [0.29, 0.717) is 12.1 Å². The van der Waals surface area contributed by atoms with Crippen molar-refractivity contribution >= 4 is 5.91 Å². The predicted molar refractivity (Wildman–Crippen MR) is 82.6 cm³/mol. The molecule has 2 aromatic rings. The fourth-order valence-electron chi connectivity index (χ4n) is 1.99. The van der Waals surface area contributed by atoms with Gasteiger partial charge in [-0.1, -0.05) is 42.2 Å². The molecule has 0 aliphatic rings. The maximum atomic E-state index is 12.3. The van der Waals surface area contributed by atoms with Gasteiger partial charge in [-0.15, -0.1) is 0 Å². The third kappa shape index (κ3) is 4.20. The van der Waals surface area contributed by atoms with Gasteiger partial charge in [-0.3, -0.25) is 4.79 Å². The van der Waals surface area contributed by atoms with Crippen molar-refractivity contribution in [2.75, 3.05) is 13.7 Å². The quantitative estimate of drug-likeness (QED) is 0.876. The van der Waals surface area contributed by atoms with Gasteiger partial charge in [0.05, 0.1) is 0 Å². The van der Waals surface area contributed by atoms with Crippen LogP contribution in [-0.2, 0) is 6.54 Å². The van der Waals surface area contributed by atoms with E-state index in [0.717, 1.165) is 11.1 Å². The fourth-order valence-corrected chi connectivity index (χ4v) is 1.99. The van der Waals surface area contributed by atoms with Crippen LogP contribution < -0.4 is 0 Å². The Kier molecular flexibility index (Phi) is 5.14. The number of carbonyl (C=O) groups excluding carboxylic acids is 1. The van der Waals surface area contributed by atoms with Crippen molar-refractivity contribution in [3.8, 4) is 11.8 Å². The normalized spacial score (nSPS) is 9.62. The predicted octanol–water partition coefficient (Wildman–Crippen LogP) is 2.30. The Hall–Kier alpha value is -2.57. The van der Waals surface area contributed by atoms with Gasteiger partial charge in [0.15, 0.2) is 0 Å². The molecule has 0 saturated carbocycles. The number of hydrogen-bond donors (Lipinski definition) is 1. The molecule has 0 aromatic heterocycles. The smallest absolute Gasteiger partial charge is 0.253 e. The van der Waals surface area contributed by atoms with Crippen molar-refractivity contribution in [2.24, 2.45) is 0 Å². The lowest BCUT2D eigenvalue weighted by Gasteiger charge is -2.17. The molecular formula is C18H17NO2. The molecule has 1 amide bonds. The van der Waals surface area contributed by atoms with Gasteiger partial charge in [-0.25, -0.2) is 0 Å². The Labute approximate surface area is 124 Å². The van der Waals surface area contributed by atoms with Gasteiger partial charge in [0, 0.05) is 24.7 Å². The van der Waals surface area contributed by atoms with Gasteiger partial charge in [-0.2, -0.15) is 0 Å². The van der Waals surface area contributed by atoms with Crippen molar-refractivity contribution in [3.63, 3.8) is 0 Å². The van der Waals surface area contributed by atoms with Gasteiger partial charge in [0.2, 0.25) is 0 Å². The monoisotopic (exact) mass is 279 g/mol. The zero-order chi connectivity index (χ0) is 15.1. The van der Waals surface area contributed by atoms with Crippen LogP contribution in [0, 0.1) is 11.8 Å². The van der Waals surface area contributed by atoms with Crippen molar-refractivity contribution in [3.05, 3.63) is 71.3 Å². The fraction of sp³-hybridized carbons (Fsp3) is 0.167. The van der Waals surface area contributed by atoms with Crippen LogP contribution >= 0.6 is 0 Å². The summed E-state index contributed by atoms with van der Waals surface area (Å²) in [6.45, 7) is 0.409. The molecule has 0 bridgehead atoms. The van der Waals surface area contributed by atoms with Crippen LogP contribution in [-0.4, -0.2) is 29.6 Å². The molecule has 0 heterocycles. The Morgan fingerprint density at radius 2 is 1.76 bits per heavy atom. The number of aliphatic hydroxyl groups excluding tert-OH is 1. The third-order valence-corrected chi connectivity index (χ3v) is 3.05. The van der Waals surface area contributed by atoms with Crippen molar-refractivity contribution in [2.45, 2.75) is 6.54 Å². The summed E-state index contributed by atoms with van der Waals surface area (Å²) in [6, 6.07) is 17.0. The van der Waals surface area contributed by atoms with Gasteiger partial charge >= 0.3 is 0 Å². The number of carbonyl (C=O) groups is 1. The number of rotatable bonds is 3.